The second kappa shape index (κ2) is 7.81. The first-order valence-corrected chi connectivity index (χ1v) is 9.11. The average Bonchev–Trinajstić information content (AvgIpc) is 2.75. The average molecular weight is 407 g/mol. The van der Waals surface area contributed by atoms with E-state index >= 15 is 0 Å². The van der Waals surface area contributed by atoms with Gasteiger partial charge in [0, 0.05) is 16.7 Å². The summed E-state index contributed by atoms with van der Waals surface area (Å²) in [6.45, 7) is 0. The van der Waals surface area contributed by atoms with Crippen LogP contribution in [0, 0.1) is 0 Å². The molecule has 0 fully saturated rings. The number of fused-ring (bicyclic) bond motifs is 1. The van der Waals surface area contributed by atoms with Crippen molar-refractivity contribution in [2.75, 3.05) is 7.11 Å². The predicted octanol–water partition coefficient (Wildman–Crippen LogP) is 5.34. The van der Waals surface area contributed by atoms with Gasteiger partial charge in [0.25, 0.3) is 0 Å². The van der Waals surface area contributed by atoms with Crippen molar-refractivity contribution < 1.29 is 18.7 Å². The van der Waals surface area contributed by atoms with Crippen molar-refractivity contribution in [1.29, 1.82) is 0 Å². The molecule has 0 bridgehead atoms. The van der Waals surface area contributed by atoms with E-state index in [0.717, 1.165) is 0 Å². The van der Waals surface area contributed by atoms with Crippen molar-refractivity contribution in [3.8, 4) is 22.6 Å². The Labute approximate surface area is 171 Å². The molecule has 0 radical (unpaired) electrons. The Bertz CT molecular complexity index is 1260. The second-order valence-corrected chi connectivity index (χ2v) is 6.64. The molecule has 0 aliphatic carbocycles. The maximum atomic E-state index is 12.9. The van der Waals surface area contributed by atoms with Gasteiger partial charge in [0.1, 0.15) is 23.3 Å². The fourth-order valence-electron chi connectivity index (χ4n) is 2.93. The van der Waals surface area contributed by atoms with Gasteiger partial charge in [-0.3, -0.25) is 4.79 Å². The predicted molar refractivity (Wildman–Crippen MR) is 111 cm³/mol. The maximum absolute atomic E-state index is 12.9. The smallest absolute Gasteiger partial charge is 0.343 e. The largest absolute Gasteiger partial charge is 0.497 e. The summed E-state index contributed by atoms with van der Waals surface area (Å²) in [5.74, 6) is 0.386. The Balaban J connectivity index is 1.65. The van der Waals surface area contributed by atoms with Gasteiger partial charge in [0.05, 0.1) is 23.6 Å². The minimum absolute atomic E-state index is 0.215. The molecule has 0 saturated heterocycles. The van der Waals surface area contributed by atoms with Crippen LogP contribution in [0.2, 0.25) is 5.02 Å². The Kier molecular flexibility index (Phi) is 5.06. The molecule has 0 spiro atoms. The lowest BCUT2D eigenvalue weighted by Gasteiger charge is -2.07. The van der Waals surface area contributed by atoms with Gasteiger partial charge in [0.2, 0.25) is 5.43 Å². The molecule has 0 aliphatic rings. The SMILES string of the molecule is COc1ccc(C(=O)Oc2ccc3c(=O)c(-c4ccccc4Cl)coc3c2)cc1. The first-order chi connectivity index (χ1) is 14.1. The van der Waals surface area contributed by atoms with Crippen LogP contribution < -0.4 is 14.9 Å². The Hall–Kier alpha value is -3.57. The number of halogens is 1. The summed E-state index contributed by atoms with van der Waals surface area (Å²) in [6.07, 6.45) is 1.36. The molecule has 1 aromatic heterocycles. The normalized spacial score (nSPS) is 10.7. The molecule has 5 nitrogen and oxygen atoms in total. The second-order valence-electron chi connectivity index (χ2n) is 6.23. The molecule has 1 heterocycles. The van der Waals surface area contributed by atoms with Crippen LogP contribution in [0.1, 0.15) is 10.4 Å². The van der Waals surface area contributed by atoms with Gasteiger partial charge >= 0.3 is 5.97 Å². The van der Waals surface area contributed by atoms with E-state index in [1.165, 1.54) is 12.3 Å². The highest BCUT2D eigenvalue weighted by Crippen LogP contribution is 2.28. The Morgan fingerprint density at radius 3 is 2.38 bits per heavy atom. The number of esters is 1. The third-order valence-corrected chi connectivity index (χ3v) is 4.78. The molecule has 0 saturated carbocycles. The molecule has 144 valence electrons. The van der Waals surface area contributed by atoms with Gasteiger partial charge in [0.15, 0.2) is 0 Å². The fourth-order valence-corrected chi connectivity index (χ4v) is 3.17. The van der Waals surface area contributed by atoms with Crippen LogP contribution in [0.5, 0.6) is 11.5 Å². The maximum Gasteiger partial charge on any atom is 0.343 e. The van der Waals surface area contributed by atoms with Crippen molar-refractivity contribution >= 4 is 28.5 Å². The van der Waals surface area contributed by atoms with Gasteiger partial charge in [-0.05, 0) is 42.5 Å². The van der Waals surface area contributed by atoms with Crippen molar-refractivity contribution in [1.82, 2.24) is 0 Å². The van der Waals surface area contributed by atoms with E-state index in [0.29, 0.717) is 38.4 Å². The van der Waals surface area contributed by atoms with Crippen LogP contribution in [-0.2, 0) is 0 Å². The van der Waals surface area contributed by atoms with E-state index in [9.17, 15) is 9.59 Å². The van der Waals surface area contributed by atoms with E-state index in [2.05, 4.69) is 0 Å². The summed E-state index contributed by atoms with van der Waals surface area (Å²) in [7, 11) is 1.55. The minimum Gasteiger partial charge on any atom is -0.497 e. The highest BCUT2D eigenvalue weighted by Gasteiger charge is 2.14. The monoisotopic (exact) mass is 406 g/mol. The molecule has 0 N–H and O–H groups in total. The van der Waals surface area contributed by atoms with E-state index in [-0.39, 0.29) is 11.2 Å². The number of hydrogen-bond acceptors (Lipinski definition) is 5. The number of carbonyl (C=O) groups excluding carboxylic acids is 1. The molecule has 3 aromatic carbocycles. The number of methoxy groups -OCH3 is 1. The van der Waals surface area contributed by atoms with Gasteiger partial charge in [-0.15, -0.1) is 0 Å². The van der Waals surface area contributed by atoms with Crippen LogP contribution in [0.15, 0.2) is 82.2 Å². The van der Waals surface area contributed by atoms with Crippen LogP contribution in [0.4, 0.5) is 0 Å². The first kappa shape index (κ1) is 18.8. The summed E-state index contributed by atoms with van der Waals surface area (Å²) in [5.41, 5.74) is 1.44. The molecule has 0 aliphatic heterocycles. The van der Waals surface area contributed by atoms with Crippen LogP contribution in [0.3, 0.4) is 0 Å². The van der Waals surface area contributed by atoms with E-state index < -0.39 is 5.97 Å². The highest BCUT2D eigenvalue weighted by molar-refractivity contribution is 6.33. The van der Waals surface area contributed by atoms with Crippen molar-refractivity contribution in [3.63, 3.8) is 0 Å². The molecule has 29 heavy (non-hydrogen) atoms. The zero-order chi connectivity index (χ0) is 20.4. The number of hydrogen-bond donors (Lipinski definition) is 0. The van der Waals surface area contributed by atoms with Crippen molar-refractivity contribution in [3.05, 3.63) is 93.8 Å². The number of carbonyl (C=O) groups is 1. The zero-order valence-corrected chi connectivity index (χ0v) is 16.1. The van der Waals surface area contributed by atoms with Gasteiger partial charge in [-0.25, -0.2) is 4.79 Å². The van der Waals surface area contributed by atoms with Crippen LogP contribution in [0.25, 0.3) is 22.1 Å². The molecule has 6 heteroatoms. The molecular formula is C23H15ClO5. The summed E-state index contributed by atoms with van der Waals surface area (Å²) >= 11 is 6.20. The van der Waals surface area contributed by atoms with Gasteiger partial charge < -0.3 is 13.9 Å². The van der Waals surface area contributed by atoms with Gasteiger partial charge in [-0.1, -0.05) is 29.8 Å². The standard InChI is InChI=1S/C23H15ClO5/c1-27-15-8-6-14(7-9-15)23(26)29-16-10-11-18-21(12-16)28-13-19(22(18)25)17-4-2-3-5-20(17)24/h2-13H,1H3. The summed E-state index contributed by atoms with van der Waals surface area (Å²) in [6, 6.07) is 18.2. The topological polar surface area (TPSA) is 65.7 Å². The molecule has 4 aromatic rings. The minimum atomic E-state index is -0.526. The number of rotatable bonds is 4. The third-order valence-electron chi connectivity index (χ3n) is 4.45. The zero-order valence-electron chi connectivity index (χ0n) is 15.3. The molecule has 4 rings (SSSR count). The lowest BCUT2D eigenvalue weighted by molar-refractivity contribution is 0.0735. The van der Waals surface area contributed by atoms with E-state index in [4.69, 9.17) is 25.5 Å². The van der Waals surface area contributed by atoms with E-state index in [1.807, 2.05) is 0 Å². The molecular weight excluding hydrogens is 392 g/mol. The molecule has 0 atom stereocenters. The van der Waals surface area contributed by atoms with Crippen molar-refractivity contribution in [2.24, 2.45) is 0 Å². The quantitative estimate of drug-likeness (QED) is 0.338. The summed E-state index contributed by atoms with van der Waals surface area (Å²) < 4.78 is 16.1. The fraction of sp³-hybridized carbons (Fsp3) is 0.0435. The number of ether oxygens (including phenoxy) is 2. The lowest BCUT2D eigenvalue weighted by Crippen LogP contribution is -2.09. The Morgan fingerprint density at radius 2 is 1.66 bits per heavy atom. The van der Waals surface area contributed by atoms with Crippen LogP contribution in [-0.4, -0.2) is 13.1 Å². The van der Waals surface area contributed by atoms with Crippen molar-refractivity contribution in [2.45, 2.75) is 0 Å². The van der Waals surface area contributed by atoms with Crippen LogP contribution >= 0.6 is 11.6 Å². The summed E-state index contributed by atoms with van der Waals surface area (Å²) in [5, 5.41) is 0.829. The molecule has 0 unspecified atom stereocenters. The highest BCUT2D eigenvalue weighted by atomic mass is 35.5. The third kappa shape index (κ3) is 3.73. The van der Waals surface area contributed by atoms with Gasteiger partial charge in [-0.2, -0.15) is 0 Å². The lowest BCUT2D eigenvalue weighted by atomic mass is 10.1. The molecule has 0 amide bonds. The van der Waals surface area contributed by atoms with E-state index in [1.54, 1.807) is 67.8 Å². The first-order valence-electron chi connectivity index (χ1n) is 8.73. The Morgan fingerprint density at radius 1 is 0.931 bits per heavy atom. The summed E-state index contributed by atoms with van der Waals surface area (Å²) in [4.78, 5) is 25.2. The number of benzene rings is 3.